The van der Waals surface area contributed by atoms with Crippen molar-refractivity contribution < 1.29 is 14.7 Å². The molecule has 0 unspecified atom stereocenters. The number of aryl methyl sites for hydroxylation is 1. The fraction of sp³-hybridized carbons (Fsp3) is 0.571. The molecule has 0 fully saturated rings. The number of amides is 2. The summed E-state index contributed by atoms with van der Waals surface area (Å²) >= 11 is 0. The van der Waals surface area contributed by atoms with Gasteiger partial charge >= 0.3 is 12.0 Å². The summed E-state index contributed by atoms with van der Waals surface area (Å²) in [5.74, 6) is -0.891. The highest BCUT2D eigenvalue weighted by atomic mass is 16.4. The highest BCUT2D eigenvalue weighted by Crippen LogP contribution is 2.25. The SMILES string of the molecule is CCC(CC)(CNC(=O)NCc1cnc(C)cn1)C(=O)O. The first kappa shape index (κ1) is 16.9. The van der Waals surface area contributed by atoms with Gasteiger partial charge in [0.2, 0.25) is 0 Å². The second kappa shape index (κ2) is 7.56. The number of aromatic nitrogens is 2. The van der Waals surface area contributed by atoms with Gasteiger partial charge in [-0.1, -0.05) is 13.8 Å². The highest BCUT2D eigenvalue weighted by molar-refractivity contribution is 5.78. The number of hydrogen-bond donors (Lipinski definition) is 3. The predicted octanol–water partition coefficient (Wildman–Crippen LogP) is 1.48. The molecular formula is C14H22N4O3. The molecule has 21 heavy (non-hydrogen) atoms. The zero-order valence-corrected chi connectivity index (χ0v) is 12.6. The van der Waals surface area contributed by atoms with E-state index in [0.717, 1.165) is 5.69 Å². The van der Waals surface area contributed by atoms with Crippen molar-refractivity contribution in [2.24, 2.45) is 5.41 Å². The van der Waals surface area contributed by atoms with Gasteiger partial charge in [0, 0.05) is 12.7 Å². The molecule has 0 aliphatic rings. The molecule has 0 saturated carbocycles. The average Bonchev–Trinajstić information content (AvgIpc) is 2.48. The van der Waals surface area contributed by atoms with Gasteiger partial charge in [-0.3, -0.25) is 14.8 Å². The molecule has 3 N–H and O–H groups in total. The molecule has 0 aromatic carbocycles. The number of hydrogen-bond acceptors (Lipinski definition) is 4. The fourth-order valence-electron chi connectivity index (χ4n) is 1.87. The van der Waals surface area contributed by atoms with Crippen molar-refractivity contribution in [2.45, 2.75) is 40.2 Å². The van der Waals surface area contributed by atoms with Gasteiger partial charge in [-0.2, -0.15) is 0 Å². The maximum absolute atomic E-state index is 11.7. The number of carboxylic acids is 1. The molecule has 0 saturated heterocycles. The number of rotatable bonds is 7. The Balaban J connectivity index is 2.46. The summed E-state index contributed by atoms with van der Waals surface area (Å²) in [7, 11) is 0. The molecule has 0 aliphatic heterocycles. The van der Waals surface area contributed by atoms with Crippen LogP contribution in [0.5, 0.6) is 0 Å². The molecule has 7 nitrogen and oxygen atoms in total. The number of carbonyl (C=O) groups excluding carboxylic acids is 1. The lowest BCUT2D eigenvalue weighted by atomic mass is 9.82. The largest absolute Gasteiger partial charge is 0.481 e. The standard InChI is InChI=1S/C14H22N4O3/c1-4-14(5-2,12(19)20)9-18-13(21)17-8-11-7-15-10(3)6-16-11/h6-7H,4-5,8-9H2,1-3H3,(H,19,20)(H2,17,18,21). The van der Waals surface area contributed by atoms with Crippen LogP contribution in [0.25, 0.3) is 0 Å². The number of aliphatic carboxylic acids is 1. The van der Waals surface area contributed by atoms with Gasteiger partial charge in [-0.15, -0.1) is 0 Å². The van der Waals surface area contributed by atoms with Crippen LogP contribution in [0.15, 0.2) is 12.4 Å². The van der Waals surface area contributed by atoms with Crippen molar-refractivity contribution in [3.05, 3.63) is 23.8 Å². The molecule has 1 aromatic heterocycles. The number of nitrogens with one attached hydrogen (secondary N) is 2. The first-order valence-electron chi connectivity index (χ1n) is 6.96. The van der Waals surface area contributed by atoms with Crippen molar-refractivity contribution in [2.75, 3.05) is 6.54 Å². The first-order valence-corrected chi connectivity index (χ1v) is 6.96. The van der Waals surface area contributed by atoms with E-state index in [0.29, 0.717) is 18.5 Å². The second-order valence-electron chi connectivity index (χ2n) is 4.98. The summed E-state index contributed by atoms with van der Waals surface area (Å²) in [5.41, 5.74) is 0.535. The second-order valence-corrected chi connectivity index (χ2v) is 4.98. The predicted molar refractivity (Wildman–Crippen MR) is 77.7 cm³/mol. The Morgan fingerprint density at radius 1 is 1.19 bits per heavy atom. The van der Waals surface area contributed by atoms with Crippen LogP contribution in [0, 0.1) is 12.3 Å². The summed E-state index contributed by atoms with van der Waals surface area (Å²) in [4.78, 5) is 31.2. The summed E-state index contributed by atoms with van der Waals surface area (Å²) in [6.45, 7) is 5.79. The van der Waals surface area contributed by atoms with Crippen LogP contribution in [0.4, 0.5) is 4.79 Å². The van der Waals surface area contributed by atoms with Crippen LogP contribution >= 0.6 is 0 Å². The lowest BCUT2D eigenvalue weighted by molar-refractivity contribution is -0.149. The molecule has 1 heterocycles. The van der Waals surface area contributed by atoms with Gasteiger partial charge in [0.25, 0.3) is 0 Å². The minimum atomic E-state index is -0.916. The third-order valence-electron chi connectivity index (χ3n) is 3.66. The lowest BCUT2D eigenvalue weighted by Gasteiger charge is -2.26. The lowest BCUT2D eigenvalue weighted by Crippen LogP contribution is -2.45. The Hall–Kier alpha value is -2.18. The fourth-order valence-corrected chi connectivity index (χ4v) is 1.87. The van der Waals surface area contributed by atoms with E-state index < -0.39 is 17.4 Å². The number of carbonyl (C=O) groups is 2. The van der Waals surface area contributed by atoms with E-state index in [-0.39, 0.29) is 13.1 Å². The van der Waals surface area contributed by atoms with E-state index in [9.17, 15) is 14.7 Å². The summed E-state index contributed by atoms with van der Waals surface area (Å²) in [6, 6.07) is -0.412. The van der Waals surface area contributed by atoms with Crippen LogP contribution in [0.3, 0.4) is 0 Å². The van der Waals surface area contributed by atoms with Gasteiger partial charge in [-0.25, -0.2) is 4.79 Å². The topological polar surface area (TPSA) is 104 Å². The number of urea groups is 1. The molecule has 7 heteroatoms. The van der Waals surface area contributed by atoms with Gasteiger partial charge in [0.05, 0.1) is 29.5 Å². The molecule has 0 radical (unpaired) electrons. The smallest absolute Gasteiger partial charge is 0.315 e. The highest BCUT2D eigenvalue weighted by Gasteiger charge is 2.35. The molecule has 116 valence electrons. The Labute approximate surface area is 124 Å². The molecule has 0 spiro atoms. The molecule has 0 aliphatic carbocycles. The van der Waals surface area contributed by atoms with Gasteiger partial charge in [-0.05, 0) is 19.8 Å². The first-order chi connectivity index (χ1) is 9.93. The zero-order chi connectivity index (χ0) is 15.9. The molecule has 2 amide bonds. The molecular weight excluding hydrogens is 272 g/mol. The third-order valence-corrected chi connectivity index (χ3v) is 3.66. The Morgan fingerprint density at radius 3 is 2.33 bits per heavy atom. The number of nitrogens with zero attached hydrogens (tertiary/aromatic N) is 2. The maximum atomic E-state index is 11.7. The third kappa shape index (κ3) is 4.70. The van der Waals surface area contributed by atoms with E-state index >= 15 is 0 Å². The minimum absolute atomic E-state index is 0.0980. The van der Waals surface area contributed by atoms with Crippen LogP contribution in [0.1, 0.15) is 38.1 Å². The van der Waals surface area contributed by atoms with Crippen molar-refractivity contribution in [3.63, 3.8) is 0 Å². The van der Waals surface area contributed by atoms with E-state index in [1.165, 1.54) is 0 Å². The van der Waals surface area contributed by atoms with Gasteiger partial charge in [0.1, 0.15) is 0 Å². The monoisotopic (exact) mass is 294 g/mol. The van der Waals surface area contributed by atoms with Crippen LogP contribution in [0.2, 0.25) is 0 Å². The van der Waals surface area contributed by atoms with Crippen molar-refractivity contribution in [1.29, 1.82) is 0 Å². The van der Waals surface area contributed by atoms with Crippen LogP contribution in [-0.2, 0) is 11.3 Å². The molecule has 0 bridgehead atoms. The Kier molecular flexibility index (Phi) is 6.08. The van der Waals surface area contributed by atoms with Crippen LogP contribution < -0.4 is 10.6 Å². The molecule has 1 aromatic rings. The van der Waals surface area contributed by atoms with Crippen LogP contribution in [-0.4, -0.2) is 33.6 Å². The normalized spacial score (nSPS) is 11.0. The minimum Gasteiger partial charge on any atom is -0.481 e. The summed E-state index contributed by atoms with van der Waals surface area (Å²) in [5, 5.41) is 14.5. The Bertz CT molecular complexity index is 483. The molecule has 0 atom stereocenters. The Morgan fingerprint density at radius 2 is 1.86 bits per heavy atom. The van der Waals surface area contributed by atoms with E-state index in [4.69, 9.17) is 0 Å². The average molecular weight is 294 g/mol. The van der Waals surface area contributed by atoms with Crippen molar-refractivity contribution in [3.8, 4) is 0 Å². The summed E-state index contributed by atoms with van der Waals surface area (Å²) < 4.78 is 0. The maximum Gasteiger partial charge on any atom is 0.315 e. The van der Waals surface area contributed by atoms with Gasteiger partial charge < -0.3 is 15.7 Å². The van der Waals surface area contributed by atoms with Crippen molar-refractivity contribution >= 4 is 12.0 Å². The van der Waals surface area contributed by atoms with Crippen molar-refractivity contribution in [1.82, 2.24) is 20.6 Å². The van der Waals surface area contributed by atoms with E-state index in [1.807, 2.05) is 6.92 Å². The van der Waals surface area contributed by atoms with E-state index in [1.54, 1.807) is 26.2 Å². The van der Waals surface area contributed by atoms with Gasteiger partial charge in [0.15, 0.2) is 0 Å². The van der Waals surface area contributed by atoms with E-state index in [2.05, 4.69) is 20.6 Å². The summed E-state index contributed by atoms with van der Waals surface area (Å²) in [6.07, 6.45) is 4.14. The zero-order valence-electron chi connectivity index (χ0n) is 12.6. The molecule has 1 rings (SSSR count). The quantitative estimate of drug-likeness (QED) is 0.706. The number of carboxylic acid groups (broad SMARTS) is 1.